The van der Waals surface area contributed by atoms with Crippen LogP contribution in [-0.4, -0.2) is 37.5 Å². The molecule has 0 aliphatic carbocycles. The highest BCUT2D eigenvalue weighted by molar-refractivity contribution is 5.95. The number of furan rings is 1. The highest BCUT2D eigenvalue weighted by atomic mass is 16.3. The summed E-state index contributed by atoms with van der Waals surface area (Å²) in [6.07, 6.45) is 3.44. The predicted octanol–water partition coefficient (Wildman–Crippen LogP) is 2.36. The standard InChI is InChI=1S/C15H24N2O2/c1-11-10-14(12(2)19-11)15(18)17-8-5-13(6-9-17)4-7-16-3/h10,13,16H,4-9H2,1-3H3. The Morgan fingerprint density at radius 3 is 2.63 bits per heavy atom. The molecule has 4 nitrogen and oxygen atoms in total. The Balaban J connectivity index is 1.91. The van der Waals surface area contributed by atoms with Crippen LogP contribution in [0.25, 0.3) is 0 Å². The summed E-state index contributed by atoms with van der Waals surface area (Å²) in [4.78, 5) is 14.4. The summed E-state index contributed by atoms with van der Waals surface area (Å²) in [6, 6.07) is 1.85. The molecule has 1 aliphatic heterocycles. The molecule has 1 fully saturated rings. The maximum absolute atomic E-state index is 12.4. The number of carbonyl (C=O) groups excluding carboxylic acids is 1. The van der Waals surface area contributed by atoms with Crippen molar-refractivity contribution in [2.45, 2.75) is 33.1 Å². The van der Waals surface area contributed by atoms with E-state index >= 15 is 0 Å². The molecule has 1 aromatic heterocycles. The van der Waals surface area contributed by atoms with Crippen LogP contribution in [0.3, 0.4) is 0 Å². The quantitative estimate of drug-likeness (QED) is 0.908. The molecule has 0 aromatic carbocycles. The molecule has 1 N–H and O–H groups in total. The first kappa shape index (κ1) is 14.1. The van der Waals surface area contributed by atoms with E-state index in [0.717, 1.165) is 55.5 Å². The van der Waals surface area contributed by atoms with Gasteiger partial charge in [-0.2, -0.15) is 0 Å². The smallest absolute Gasteiger partial charge is 0.257 e. The molecule has 0 spiro atoms. The predicted molar refractivity (Wildman–Crippen MR) is 75.4 cm³/mol. The number of hydrogen-bond donors (Lipinski definition) is 1. The van der Waals surface area contributed by atoms with Gasteiger partial charge in [0, 0.05) is 13.1 Å². The number of amides is 1. The van der Waals surface area contributed by atoms with Crippen LogP contribution >= 0.6 is 0 Å². The zero-order chi connectivity index (χ0) is 13.8. The minimum Gasteiger partial charge on any atom is -0.466 e. The van der Waals surface area contributed by atoms with E-state index in [9.17, 15) is 4.79 Å². The van der Waals surface area contributed by atoms with Gasteiger partial charge < -0.3 is 14.6 Å². The highest BCUT2D eigenvalue weighted by Gasteiger charge is 2.25. The maximum Gasteiger partial charge on any atom is 0.257 e. The molecular weight excluding hydrogens is 240 g/mol. The first-order valence-electron chi connectivity index (χ1n) is 7.12. The highest BCUT2D eigenvalue weighted by Crippen LogP contribution is 2.23. The van der Waals surface area contributed by atoms with Gasteiger partial charge in [0.2, 0.25) is 0 Å². The van der Waals surface area contributed by atoms with E-state index in [1.54, 1.807) is 0 Å². The zero-order valence-corrected chi connectivity index (χ0v) is 12.2. The lowest BCUT2D eigenvalue weighted by Gasteiger charge is -2.32. The van der Waals surface area contributed by atoms with Gasteiger partial charge in [-0.05, 0) is 58.7 Å². The molecule has 2 heterocycles. The van der Waals surface area contributed by atoms with Crippen LogP contribution in [0.15, 0.2) is 10.5 Å². The van der Waals surface area contributed by atoms with Crippen LogP contribution in [-0.2, 0) is 0 Å². The van der Waals surface area contributed by atoms with E-state index in [1.807, 2.05) is 31.9 Å². The Kier molecular flexibility index (Phi) is 4.64. The Morgan fingerprint density at radius 1 is 1.42 bits per heavy atom. The second kappa shape index (κ2) is 6.24. The molecule has 1 saturated heterocycles. The second-order valence-electron chi connectivity index (χ2n) is 5.45. The summed E-state index contributed by atoms with van der Waals surface area (Å²) >= 11 is 0. The van der Waals surface area contributed by atoms with E-state index in [2.05, 4.69) is 5.32 Å². The van der Waals surface area contributed by atoms with Gasteiger partial charge in [-0.1, -0.05) is 0 Å². The summed E-state index contributed by atoms with van der Waals surface area (Å²) in [6.45, 7) is 6.56. The summed E-state index contributed by atoms with van der Waals surface area (Å²) < 4.78 is 5.44. The molecule has 19 heavy (non-hydrogen) atoms. The third-order valence-corrected chi connectivity index (χ3v) is 3.98. The Hall–Kier alpha value is -1.29. The van der Waals surface area contributed by atoms with Crippen molar-refractivity contribution in [3.05, 3.63) is 23.2 Å². The molecule has 4 heteroatoms. The summed E-state index contributed by atoms with van der Waals surface area (Å²) in [5, 5.41) is 3.19. The molecule has 2 rings (SSSR count). The lowest BCUT2D eigenvalue weighted by molar-refractivity contribution is 0.0685. The number of nitrogens with zero attached hydrogens (tertiary/aromatic N) is 1. The molecule has 1 aromatic rings. The van der Waals surface area contributed by atoms with E-state index < -0.39 is 0 Å². The van der Waals surface area contributed by atoms with Crippen molar-refractivity contribution in [3.63, 3.8) is 0 Å². The molecule has 1 amide bonds. The third kappa shape index (κ3) is 3.38. The van der Waals surface area contributed by atoms with Crippen molar-refractivity contribution in [2.24, 2.45) is 5.92 Å². The third-order valence-electron chi connectivity index (χ3n) is 3.98. The zero-order valence-electron chi connectivity index (χ0n) is 12.2. The molecule has 0 radical (unpaired) electrons. The van der Waals surface area contributed by atoms with Crippen molar-refractivity contribution in [2.75, 3.05) is 26.7 Å². The van der Waals surface area contributed by atoms with Crippen LogP contribution in [0, 0.1) is 19.8 Å². The fraction of sp³-hybridized carbons (Fsp3) is 0.667. The van der Waals surface area contributed by atoms with Crippen LogP contribution in [0.1, 0.15) is 41.1 Å². The van der Waals surface area contributed by atoms with Crippen LogP contribution in [0.2, 0.25) is 0 Å². The molecule has 0 unspecified atom stereocenters. The van der Waals surface area contributed by atoms with Gasteiger partial charge in [-0.3, -0.25) is 4.79 Å². The van der Waals surface area contributed by atoms with E-state index in [1.165, 1.54) is 6.42 Å². The summed E-state index contributed by atoms with van der Waals surface area (Å²) in [7, 11) is 1.99. The number of piperidine rings is 1. The van der Waals surface area contributed by atoms with E-state index in [0.29, 0.717) is 0 Å². The Bertz CT molecular complexity index is 431. The Morgan fingerprint density at radius 2 is 2.11 bits per heavy atom. The Labute approximate surface area is 115 Å². The largest absolute Gasteiger partial charge is 0.466 e. The van der Waals surface area contributed by atoms with Gasteiger partial charge in [0.15, 0.2) is 0 Å². The summed E-state index contributed by atoms with van der Waals surface area (Å²) in [5.74, 6) is 2.43. The number of nitrogens with one attached hydrogen (secondary N) is 1. The molecular formula is C15H24N2O2. The molecule has 0 bridgehead atoms. The van der Waals surface area contributed by atoms with Crippen molar-refractivity contribution < 1.29 is 9.21 Å². The fourth-order valence-corrected chi connectivity index (χ4v) is 2.79. The molecule has 1 aliphatic rings. The maximum atomic E-state index is 12.4. The normalized spacial score (nSPS) is 16.9. The van der Waals surface area contributed by atoms with Gasteiger partial charge in [-0.15, -0.1) is 0 Å². The van der Waals surface area contributed by atoms with Gasteiger partial charge in [0.1, 0.15) is 11.5 Å². The summed E-state index contributed by atoms with van der Waals surface area (Å²) in [5.41, 5.74) is 0.728. The van der Waals surface area contributed by atoms with Crippen molar-refractivity contribution in [1.29, 1.82) is 0 Å². The number of carbonyl (C=O) groups is 1. The first-order valence-corrected chi connectivity index (χ1v) is 7.12. The minimum absolute atomic E-state index is 0.126. The van der Waals surface area contributed by atoms with Crippen molar-refractivity contribution in [1.82, 2.24) is 10.2 Å². The topological polar surface area (TPSA) is 45.5 Å². The lowest BCUT2D eigenvalue weighted by Crippen LogP contribution is -2.39. The van der Waals surface area contributed by atoms with Crippen molar-refractivity contribution >= 4 is 5.91 Å². The average Bonchev–Trinajstić information content (AvgIpc) is 2.75. The molecule has 0 saturated carbocycles. The van der Waals surface area contributed by atoms with Gasteiger partial charge >= 0.3 is 0 Å². The first-order chi connectivity index (χ1) is 9.11. The average molecular weight is 264 g/mol. The number of aryl methyl sites for hydroxylation is 2. The van der Waals surface area contributed by atoms with Crippen LogP contribution < -0.4 is 5.32 Å². The van der Waals surface area contributed by atoms with Crippen LogP contribution in [0.5, 0.6) is 0 Å². The van der Waals surface area contributed by atoms with Gasteiger partial charge in [-0.25, -0.2) is 0 Å². The fourth-order valence-electron chi connectivity index (χ4n) is 2.79. The van der Waals surface area contributed by atoms with Crippen LogP contribution in [0.4, 0.5) is 0 Å². The molecule has 106 valence electrons. The molecule has 0 atom stereocenters. The number of hydrogen-bond acceptors (Lipinski definition) is 3. The minimum atomic E-state index is 0.126. The monoisotopic (exact) mass is 264 g/mol. The lowest BCUT2D eigenvalue weighted by atomic mass is 9.93. The van der Waals surface area contributed by atoms with Gasteiger partial charge in [0.05, 0.1) is 5.56 Å². The van der Waals surface area contributed by atoms with Gasteiger partial charge in [0.25, 0.3) is 5.91 Å². The number of rotatable bonds is 4. The van der Waals surface area contributed by atoms with E-state index in [4.69, 9.17) is 4.42 Å². The number of likely N-dealkylation sites (tertiary alicyclic amines) is 1. The van der Waals surface area contributed by atoms with E-state index in [-0.39, 0.29) is 5.91 Å². The second-order valence-corrected chi connectivity index (χ2v) is 5.45. The van der Waals surface area contributed by atoms with Crippen molar-refractivity contribution in [3.8, 4) is 0 Å². The SMILES string of the molecule is CNCCC1CCN(C(=O)c2cc(C)oc2C)CC1.